The van der Waals surface area contributed by atoms with Crippen molar-refractivity contribution in [3.05, 3.63) is 217 Å². The van der Waals surface area contributed by atoms with Crippen molar-refractivity contribution in [2.75, 3.05) is 42.7 Å². The van der Waals surface area contributed by atoms with Gasteiger partial charge in [-0.05, 0) is 72.8 Å². The molecule has 1 unspecified atom stereocenters. The van der Waals surface area contributed by atoms with Crippen LogP contribution in [0.4, 0.5) is 0 Å². The van der Waals surface area contributed by atoms with Crippen LogP contribution in [0.2, 0.25) is 0 Å². The van der Waals surface area contributed by atoms with Crippen molar-refractivity contribution >= 4 is 92.2 Å². The van der Waals surface area contributed by atoms with Crippen LogP contribution in [0.5, 0.6) is 23.0 Å². The molecular weight excluding hydrogens is 1080 g/mol. The molecule has 0 saturated carbocycles. The predicted octanol–water partition coefficient (Wildman–Crippen LogP) is 6.14. The summed E-state index contributed by atoms with van der Waals surface area (Å²) in [6, 6.07) is 63.7. The molecule has 0 N–H and O–H groups in total. The topological polar surface area (TPSA) is 55.4 Å². The third-order valence-corrected chi connectivity index (χ3v) is 12.7. The largest absolute Gasteiger partial charge is 2.00 e. The quantitative estimate of drug-likeness (QED) is 0.0883. The SMILES string of the molecule is CC.COC1=C(c2ccccc2P(c2ccccc2C)c2ccccc2OC)[C@@H](OC)CC=C1.COc1[c-]cccc1.COc1cccc(OC)c1-c1[c-]cccc1.Cc1[c-]cccc1.ClP(Cl)Cl.[Br-].[Li+].[Li+].[Mg+2]. The fourth-order valence-corrected chi connectivity index (χ4v) is 9.66. The molecule has 0 aromatic heterocycles. The van der Waals surface area contributed by atoms with Gasteiger partial charge in [0.05, 0.1) is 53.2 Å². The van der Waals surface area contributed by atoms with Gasteiger partial charge < -0.3 is 45.4 Å². The van der Waals surface area contributed by atoms with Gasteiger partial charge in [0.15, 0.2) is 5.98 Å². The van der Waals surface area contributed by atoms with Gasteiger partial charge in [0, 0.05) is 23.7 Å². The summed E-state index contributed by atoms with van der Waals surface area (Å²) in [5.74, 6) is 2.93. The second-order valence-corrected chi connectivity index (χ2v) is 21.2. The molecule has 7 aromatic rings. The van der Waals surface area contributed by atoms with Crippen LogP contribution in [0.1, 0.15) is 37.0 Å². The summed E-state index contributed by atoms with van der Waals surface area (Å²) < 4.78 is 33.1. The molecule has 1 aliphatic carbocycles. The van der Waals surface area contributed by atoms with Crippen LogP contribution in [-0.4, -0.2) is 71.8 Å². The van der Waals surface area contributed by atoms with Crippen LogP contribution in [0.15, 0.2) is 182 Å². The average Bonchev–Trinajstić information content (AvgIpc) is 3.40. The first-order valence-corrected chi connectivity index (χ1v) is 27.5. The summed E-state index contributed by atoms with van der Waals surface area (Å²) >= 11 is 14.6. The van der Waals surface area contributed by atoms with E-state index >= 15 is 0 Å². The molecule has 0 amide bonds. The van der Waals surface area contributed by atoms with Crippen molar-refractivity contribution < 1.29 is 83.1 Å². The van der Waals surface area contributed by atoms with Crippen molar-refractivity contribution in [1.29, 1.82) is 0 Å². The maximum atomic E-state index is 5.90. The van der Waals surface area contributed by atoms with Crippen LogP contribution < -0.4 is 89.6 Å². The summed E-state index contributed by atoms with van der Waals surface area (Å²) in [5, 5.41) is 3.79. The van der Waals surface area contributed by atoms with Crippen molar-refractivity contribution in [3.63, 3.8) is 0 Å². The van der Waals surface area contributed by atoms with E-state index in [0.717, 1.165) is 51.9 Å². The first kappa shape index (κ1) is 72.2. The Balaban J connectivity index is 0. The Morgan fingerprint density at radius 3 is 1.47 bits per heavy atom. The van der Waals surface area contributed by atoms with Crippen LogP contribution in [0, 0.1) is 32.0 Å². The molecule has 8 rings (SSSR count). The Morgan fingerprint density at radius 2 is 1.01 bits per heavy atom. The van der Waals surface area contributed by atoms with Crippen molar-refractivity contribution in [3.8, 4) is 34.1 Å². The molecule has 2 atom stereocenters. The molecule has 1 aliphatic rings. The number of benzene rings is 7. The zero-order chi connectivity index (χ0) is 50.4. The third-order valence-electron chi connectivity index (χ3n) is 10.0. The summed E-state index contributed by atoms with van der Waals surface area (Å²) in [5.41, 5.74) is 6.64. The summed E-state index contributed by atoms with van der Waals surface area (Å²) in [6.45, 7) is 8.21. The standard InChI is InChI=1S/C28H29O3P.C14H13O2.C7H7O.C7H7.C2H6.BrH.Cl3P.2Li.Mg/c1-20-12-5-8-17-25(20)32(27-19-10-7-14-22(27)29-2)26-18-9-6-13-21(26)28-23(30-3)15-11-16-24(28)31-4;1-15-12-9-6-10-13(16-2)14(12)11-7-4-3-5-8-11;1-8-7-5-3-2-4-6-7;1-7-5-3-2-4-6-7;1-2;;1-4(2)3;;;/h5-15,17-19,24H,16H2,1-4H3;3-7,9-10H,1-2H3;2-5H,1H3;2-5H,1H3;1-2H3;1H;;;;/q;3*-1;;;;2*+1;+2/p-1/t24-,32?;;;;;;;;;/m0........./s1. The van der Waals surface area contributed by atoms with E-state index in [1.807, 2.05) is 124 Å². The number of para-hydroxylation sites is 2. The fraction of sp³-hybridized carbons (Fsp3) is 0.207. The van der Waals surface area contributed by atoms with Crippen LogP contribution >= 0.6 is 47.6 Å². The van der Waals surface area contributed by atoms with Gasteiger partial charge in [0.2, 0.25) is 0 Å². The number of hydrogen-bond acceptors (Lipinski definition) is 6. The van der Waals surface area contributed by atoms with E-state index in [1.165, 1.54) is 32.6 Å². The maximum Gasteiger partial charge on any atom is 2.00 e. The van der Waals surface area contributed by atoms with Gasteiger partial charge in [-0.25, -0.2) is 0 Å². The van der Waals surface area contributed by atoms with E-state index in [4.69, 9.17) is 62.1 Å². The van der Waals surface area contributed by atoms with Gasteiger partial charge >= 0.3 is 60.8 Å². The number of rotatable bonds is 11. The van der Waals surface area contributed by atoms with E-state index in [0.29, 0.717) is 0 Å². The molecule has 0 bridgehead atoms. The maximum absolute atomic E-state index is 5.90. The summed E-state index contributed by atoms with van der Waals surface area (Å²) in [4.78, 5) is 0. The number of halogens is 4. The molecule has 73 heavy (non-hydrogen) atoms. The normalized spacial score (nSPS) is 11.8. The number of allylic oxidation sites excluding steroid dienone is 1. The molecule has 0 radical (unpaired) electrons. The van der Waals surface area contributed by atoms with Gasteiger partial charge in [0.25, 0.3) is 0 Å². The molecule has 7 aromatic carbocycles. The van der Waals surface area contributed by atoms with E-state index in [2.05, 4.69) is 97.9 Å². The monoisotopic (exact) mass is 1140 g/mol. The Hall–Kier alpha value is -2.85. The van der Waals surface area contributed by atoms with Crippen molar-refractivity contribution in [2.45, 2.75) is 40.2 Å². The fourth-order valence-electron chi connectivity index (χ4n) is 6.93. The minimum atomic E-state index is -1.20. The number of methoxy groups -OCH3 is 6. The predicted molar refractivity (Wildman–Crippen MR) is 302 cm³/mol. The smallest absolute Gasteiger partial charge is 1.00 e. The molecule has 15 heteroatoms. The van der Waals surface area contributed by atoms with Gasteiger partial charge in [-0.2, -0.15) is 54.1 Å². The van der Waals surface area contributed by atoms with E-state index in [-0.39, 0.29) is 83.9 Å². The molecule has 0 saturated heterocycles. The van der Waals surface area contributed by atoms with E-state index in [1.54, 1.807) is 42.7 Å². The summed E-state index contributed by atoms with van der Waals surface area (Å²) in [6.07, 6.45) is 4.94. The number of ether oxygens (including phenoxy) is 6. The first-order chi connectivity index (χ1) is 33.6. The Kier molecular flexibility index (Phi) is 41.8. The third kappa shape index (κ3) is 23.9. The minimum absolute atomic E-state index is 0. The Morgan fingerprint density at radius 1 is 0.521 bits per heavy atom. The van der Waals surface area contributed by atoms with Crippen molar-refractivity contribution in [2.24, 2.45) is 0 Å². The van der Waals surface area contributed by atoms with Gasteiger partial charge in [-0.15, -0.1) is 48.0 Å². The average molecular weight is 1140 g/mol. The van der Waals surface area contributed by atoms with Crippen LogP contribution in [-0.2, 0) is 9.47 Å². The second kappa shape index (κ2) is 42.3. The molecule has 0 heterocycles. The van der Waals surface area contributed by atoms with Gasteiger partial charge in [-0.1, -0.05) is 133 Å². The molecule has 0 spiro atoms. The van der Waals surface area contributed by atoms with E-state index in [9.17, 15) is 0 Å². The Bertz CT molecular complexity index is 2560. The number of hydrogen-bond donors (Lipinski definition) is 0. The molecule has 0 fully saturated rings. The van der Waals surface area contributed by atoms with E-state index < -0.39 is 13.9 Å². The minimum Gasteiger partial charge on any atom is -1.00 e. The van der Waals surface area contributed by atoms with Crippen molar-refractivity contribution in [1.82, 2.24) is 0 Å². The first-order valence-electron chi connectivity index (χ1n) is 22.1. The molecule has 372 valence electrons. The van der Waals surface area contributed by atoms with Gasteiger partial charge in [-0.3, -0.25) is 0 Å². The zero-order valence-electron chi connectivity index (χ0n) is 44.1. The number of aryl methyl sites for hydroxylation is 2. The Labute approximate surface area is 504 Å². The summed E-state index contributed by atoms with van der Waals surface area (Å²) in [7, 11) is 9.30. The van der Waals surface area contributed by atoms with Crippen LogP contribution in [0.3, 0.4) is 0 Å². The zero-order valence-corrected chi connectivity index (χ0v) is 51.1. The van der Waals surface area contributed by atoms with Crippen LogP contribution in [0.25, 0.3) is 16.7 Å². The molecule has 6 nitrogen and oxygen atoms in total. The second-order valence-electron chi connectivity index (χ2n) is 14.1. The molecular formula is C58H62BrCl3Li2MgO6P2. The van der Waals surface area contributed by atoms with Gasteiger partial charge in [0.1, 0.15) is 11.5 Å². The molecule has 0 aliphatic heterocycles.